The Morgan fingerprint density at radius 2 is 1.75 bits per heavy atom. The molecule has 8 nitrogen and oxygen atoms in total. The average molecular weight is 393 g/mol. The molecule has 0 atom stereocenters. The van der Waals surface area contributed by atoms with E-state index >= 15 is 0 Å². The highest BCUT2D eigenvalue weighted by Gasteiger charge is 2.25. The highest BCUT2D eigenvalue weighted by Crippen LogP contribution is 2.08. The number of ether oxygens (including phenoxy) is 2. The number of amides is 2. The van der Waals surface area contributed by atoms with E-state index in [0.29, 0.717) is 26.2 Å². The number of piperazine rings is 1. The number of hydrogen-bond donors (Lipinski definition) is 3. The van der Waals surface area contributed by atoms with Crippen molar-refractivity contribution in [3.05, 3.63) is 29.8 Å². The zero-order valence-corrected chi connectivity index (χ0v) is 16.7. The summed E-state index contributed by atoms with van der Waals surface area (Å²) < 4.78 is 10.4. The van der Waals surface area contributed by atoms with Crippen LogP contribution in [0.5, 0.6) is 0 Å². The van der Waals surface area contributed by atoms with Crippen molar-refractivity contribution in [1.82, 2.24) is 4.90 Å². The number of nitrogens with one attached hydrogen (secondary N) is 3. The summed E-state index contributed by atoms with van der Waals surface area (Å²) in [6, 6.07) is 8.12. The van der Waals surface area contributed by atoms with Crippen LogP contribution < -0.4 is 15.1 Å². The Morgan fingerprint density at radius 3 is 2.39 bits per heavy atom. The summed E-state index contributed by atoms with van der Waals surface area (Å²) in [7, 11) is 0. The van der Waals surface area contributed by atoms with Crippen LogP contribution in [0.2, 0.25) is 0 Å². The first-order valence-corrected chi connectivity index (χ1v) is 10.2. The summed E-state index contributed by atoms with van der Waals surface area (Å²) >= 11 is 0. The second kappa shape index (κ2) is 10.4. The summed E-state index contributed by atoms with van der Waals surface area (Å²) in [4.78, 5) is 28.5. The molecule has 0 unspecified atom stereocenters. The second-order valence-corrected chi connectivity index (χ2v) is 7.40. The summed E-state index contributed by atoms with van der Waals surface area (Å²) in [5.41, 5.74) is 2.10. The molecule has 2 aliphatic heterocycles. The first kappa shape index (κ1) is 20.6. The molecule has 8 heteroatoms. The van der Waals surface area contributed by atoms with E-state index < -0.39 is 0 Å². The van der Waals surface area contributed by atoms with Crippen molar-refractivity contribution in [2.45, 2.75) is 13.5 Å². The number of morpholine rings is 1. The Balaban J connectivity index is 1.39. The van der Waals surface area contributed by atoms with Crippen LogP contribution >= 0.6 is 0 Å². The van der Waals surface area contributed by atoms with E-state index in [9.17, 15) is 9.59 Å². The van der Waals surface area contributed by atoms with E-state index in [1.54, 1.807) is 11.8 Å². The molecule has 2 amide bonds. The molecular weight excluding hydrogens is 360 g/mol. The highest BCUT2D eigenvalue weighted by molar-refractivity contribution is 5.91. The third kappa shape index (κ3) is 6.19. The second-order valence-electron chi connectivity index (χ2n) is 7.40. The number of carbonyl (C=O) groups is 2. The standard InChI is InChI=1S/C20H30N4O4/c1-2-28-20(26)24-9-7-22(8-10-24)16-19(25)21-18-5-3-17(4-6-18)15-23-11-13-27-14-12-23/h3-6H,2,7-16H2,1H3,(H,21,25)/p+2. The average Bonchev–Trinajstić information content (AvgIpc) is 2.71. The zero-order chi connectivity index (χ0) is 19.8. The lowest BCUT2D eigenvalue weighted by atomic mass is 10.2. The molecule has 0 radical (unpaired) electrons. The van der Waals surface area contributed by atoms with Crippen LogP contribution in [0, 0.1) is 0 Å². The van der Waals surface area contributed by atoms with Crippen LogP contribution in [-0.4, -0.2) is 82.5 Å². The van der Waals surface area contributed by atoms with Crippen molar-refractivity contribution in [2.24, 2.45) is 0 Å². The van der Waals surface area contributed by atoms with E-state index in [2.05, 4.69) is 17.4 Å². The molecule has 2 fully saturated rings. The normalized spacial score (nSPS) is 18.7. The van der Waals surface area contributed by atoms with Crippen LogP contribution in [-0.2, 0) is 20.8 Å². The molecule has 0 bridgehead atoms. The minimum atomic E-state index is -0.259. The van der Waals surface area contributed by atoms with Crippen LogP contribution in [0.3, 0.4) is 0 Å². The minimum absolute atomic E-state index is 0.00568. The van der Waals surface area contributed by atoms with Gasteiger partial charge in [0.2, 0.25) is 0 Å². The third-order valence-electron chi connectivity index (χ3n) is 5.30. The molecular formula is C20H32N4O4+2. The lowest BCUT2D eigenvalue weighted by Gasteiger charge is -2.31. The quantitative estimate of drug-likeness (QED) is 0.545. The monoisotopic (exact) mass is 392 g/mol. The SMILES string of the molecule is CCOC(=O)N1CC[NH+](CC(=O)Nc2ccc(C[NH+]3CCOCC3)cc2)CC1. The van der Waals surface area contributed by atoms with Gasteiger partial charge in [-0.05, 0) is 19.1 Å². The molecule has 2 aliphatic rings. The highest BCUT2D eigenvalue weighted by atomic mass is 16.6. The lowest BCUT2D eigenvalue weighted by Crippen LogP contribution is -3.15. The summed E-state index contributed by atoms with van der Waals surface area (Å²) in [6.07, 6.45) is -0.259. The Labute approximate surface area is 166 Å². The van der Waals surface area contributed by atoms with Crippen LogP contribution in [0.4, 0.5) is 10.5 Å². The third-order valence-corrected chi connectivity index (χ3v) is 5.30. The molecule has 0 spiro atoms. The fraction of sp³-hybridized carbons (Fsp3) is 0.600. The van der Waals surface area contributed by atoms with Gasteiger partial charge in [0.05, 0.1) is 46.0 Å². The largest absolute Gasteiger partial charge is 0.450 e. The fourth-order valence-corrected chi connectivity index (χ4v) is 3.66. The van der Waals surface area contributed by atoms with E-state index in [1.165, 1.54) is 15.4 Å². The van der Waals surface area contributed by atoms with Gasteiger partial charge in [0.1, 0.15) is 19.6 Å². The molecule has 0 aromatic heterocycles. The van der Waals surface area contributed by atoms with Crippen molar-refractivity contribution in [3.63, 3.8) is 0 Å². The Morgan fingerprint density at radius 1 is 1.07 bits per heavy atom. The molecule has 0 saturated carbocycles. The van der Waals surface area contributed by atoms with E-state index in [-0.39, 0.29) is 12.0 Å². The Kier molecular flexibility index (Phi) is 7.64. The molecule has 2 heterocycles. The molecule has 2 saturated heterocycles. The number of hydrogen-bond acceptors (Lipinski definition) is 4. The smallest absolute Gasteiger partial charge is 0.410 e. The maximum Gasteiger partial charge on any atom is 0.410 e. The van der Waals surface area contributed by atoms with Crippen molar-refractivity contribution in [2.75, 3.05) is 71.0 Å². The number of quaternary nitrogens is 2. The van der Waals surface area contributed by atoms with Gasteiger partial charge in [-0.1, -0.05) is 12.1 Å². The number of rotatable bonds is 6. The number of benzene rings is 1. The predicted octanol–water partition coefficient (Wildman–Crippen LogP) is -1.60. The molecule has 1 aromatic carbocycles. The number of carbonyl (C=O) groups excluding carboxylic acids is 2. The van der Waals surface area contributed by atoms with Gasteiger partial charge < -0.3 is 24.6 Å². The predicted molar refractivity (Wildman–Crippen MR) is 104 cm³/mol. The number of nitrogens with zero attached hydrogens (tertiary/aromatic N) is 1. The van der Waals surface area contributed by atoms with Gasteiger partial charge in [-0.2, -0.15) is 0 Å². The van der Waals surface area contributed by atoms with E-state index in [0.717, 1.165) is 51.6 Å². The Hall–Kier alpha value is -2.16. The number of anilines is 1. The molecule has 0 aliphatic carbocycles. The van der Waals surface area contributed by atoms with E-state index in [1.807, 2.05) is 12.1 Å². The van der Waals surface area contributed by atoms with Crippen LogP contribution in [0.25, 0.3) is 0 Å². The molecule has 3 rings (SSSR count). The first-order chi connectivity index (χ1) is 13.6. The fourth-order valence-electron chi connectivity index (χ4n) is 3.66. The van der Waals surface area contributed by atoms with Gasteiger partial charge >= 0.3 is 6.09 Å². The first-order valence-electron chi connectivity index (χ1n) is 10.2. The van der Waals surface area contributed by atoms with Gasteiger partial charge in [0.15, 0.2) is 6.54 Å². The van der Waals surface area contributed by atoms with Crippen molar-refractivity contribution >= 4 is 17.7 Å². The molecule has 154 valence electrons. The van der Waals surface area contributed by atoms with Crippen LogP contribution in [0.1, 0.15) is 12.5 Å². The maximum absolute atomic E-state index is 12.3. The summed E-state index contributed by atoms with van der Waals surface area (Å²) in [6.45, 7) is 10.1. The van der Waals surface area contributed by atoms with Crippen molar-refractivity contribution in [1.29, 1.82) is 0 Å². The van der Waals surface area contributed by atoms with Crippen molar-refractivity contribution in [3.8, 4) is 0 Å². The molecule has 28 heavy (non-hydrogen) atoms. The Bertz CT molecular complexity index is 638. The molecule has 3 N–H and O–H groups in total. The van der Waals surface area contributed by atoms with Gasteiger partial charge in [-0.3, -0.25) is 9.69 Å². The van der Waals surface area contributed by atoms with E-state index in [4.69, 9.17) is 9.47 Å². The molecule has 1 aromatic rings. The van der Waals surface area contributed by atoms with Crippen molar-refractivity contribution < 1.29 is 28.9 Å². The zero-order valence-electron chi connectivity index (χ0n) is 16.7. The summed E-state index contributed by atoms with van der Waals surface area (Å²) in [5, 5.41) is 2.98. The van der Waals surface area contributed by atoms with Crippen LogP contribution in [0.15, 0.2) is 24.3 Å². The van der Waals surface area contributed by atoms with Gasteiger partial charge in [-0.15, -0.1) is 0 Å². The minimum Gasteiger partial charge on any atom is -0.450 e. The summed E-state index contributed by atoms with van der Waals surface area (Å²) in [5.74, 6) is 0.00568. The lowest BCUT2D eigenvalue weighted by molar-refractivity contribution is -0.921. The topological polar surface area (TPSA) is 76.8 Å². The van der Waals surface area contributed by atoms with Gasteiger partial charge in [0, 0.05) is 11.3 Å². The van der Waals surface area contributed by atoms with Gasteiger partial charge in [0.25, 0.3) is 5.91 Å². The van der Waals surface area contributed by atoms with Gasteiger partial charge in [-0.25, -0.2) is 4.79 Å². The maximum atomic E-state index is 12.3.